The Labute approximate surface area is 124 Å². The molecule has 0 heterocycles. The Kier molecular flexibility index (Phi) is 8.17. The maximum absolute atomic E-state index is 5.50. The zero-order chi connectivity index (χ0) is 14.8. The summed E-state index contributed by atoms with van der Waals surface area (Å²) in [6.07, 6.45) is 10.3. The maximum atomic E-state index is 5.50. The Bertz CT molecular complexity index is 360. The van der Waals surface area contributed by atoms with Crippen LogP contribution in [0.3, 0.4) is 0 Å². The fraction of sp³-hybridized carbons (Fsp3) is 0.667. The second-order valence-corrected chi connectivity index (χ2v) is 5.52. The van der Waals surface area contributed by atoms with Crippen molar-refractivity contribution in [3.05, 3.63) is 23.3 Å². The predicted molar refractivity (Wildman–Crippen MR) is 86.0 cm³/mol. The summed E-state index contributed by atoms with van der Waals surface area (Å²) >= 11 is 0. The topological polar surface area (TPSA) is 18.5 Å². The van der Waals surface area contributed by atoms with Crippen molar-refractivity contribution in [1.82, 2.24) is 0 Å². The first-order valence-electron chi connectivity index (χ1n) is 7.94. The van der Waals surface area contributed by atoms with Crippen molar-refractivity contribution in [2.75, 3.05) is 14.2 Å². The van der Waals surface area contributed by atoms with E-state index in [4.69, 9.17) is 9.47 Å². The molecule has 0 fully saturated rings. The van der Waals surface area contributed by atoms with E-state index < -0.39 is 0 Å². The second-order valence-electron chi connectivity index (χ2n) is 5.52. The van der Waals surface area contributed by atoms with Crippen molar-refractivity contribution in [2.45, 2.75) is 65.2 Å². The quantitative estimate of drug-likeness (QED) is 0.540. The first kappa shape index (κ1) is 16.9. The highest BCUT2D eigenvalue weighted by Crippen LogP contribution is 2.31. The van der Waals surface area contributed by atoms with Crippen LogP contribution in [0.4, 0.5) is 0 Å². The molecule has 0 spiro atoms. The van der Waals surface area contributed by atoms with E-state index in [1.807, 2.05) is 0 Å². The number of methoxy groups -OCH3 is 2. The van der Waals surface area contributed by atoms with Gasteiger partial charge < -0.3 is 9.47 Å². The van der Waals surface area contributed by atoms with Gasteiger partial charge in [-0.25, -0.2) is 0 Å². The minimum Gasteiger partial charge on any atom is -0.496 e. The molecular formula is C18H30O2. The monoisotopic (exact) mass is 278 g/mol. The van der Waals surface area contributed by atoms with Crippen molar-refractivity contribution in [2.24, 2.45) is 0 Å². The van der Waals surface area contributed by atoms with E-state index in [2.05, 4.69) is 26.0 Å². The summed E-state index contributed by atoms with van der Waals surface area (Å²) in [5.41, 5.74) is 2.40. The number of hydrogen-bond donors (Lipinski definition) is 0. The molecule has 2 heteroatoms. The van der Waals surface area contributed by atoms with Crippen molar-refractivity contribution < 1.29 is 9.47 Å². The van der Waals surface area contributed by atoms with Gasteiger partial charge in [-0.1, -0.05) is 45.4 Å². The van der Waals surface area contributed by atoms with E-state index in [0.29, 0.717) is 0 Å². The lowest BCUT2D eigenvalue weighted by Gasteiger charge is -2.14. The van der Waals surface area contributed by atoms with Crippen LogP contribution in [-0.2, 0) is 6.42 Å². The van der Waals surface area contributed by atoms with E-state index in [1.54, 1.807) is 14.2 Å². The van der Waals surface area contributed by atoms with Crippen LogP contribution in [0.5, 0.6) is 11.5 Å². The number of benzene rings is 1. The SMILES string of the molecule is CCCCCCCCCc1c(OC)cc(C)cc1OC. The van der Waals surface area contributed by atoms with Crippen LogP contribution in [0, 0.1) is 6.92 Å². The van der Waals surface area contributed by atoms with Gasteiger partial charge in [0, 0.05) is 5.56 Å². The summed E-state index contributed by atoms with van der Waals surface area (Å²) in [6, 6.07) is 4.19. The standard InChI is InChI=1S/C18H30O2/c1-5-6-7-8-9-10-11-12-16-17(19-3)13-15(2)14-18(16)20-4/h13-14H,5-12H2,1-4H3. The van der Waals surface area contributed by atoms with Crippen molar-refractivity contribution in [1.29, 1.82) is 0 Å². The molecule has 2 nitrogen and oxygen atoms in total. The summed E-state index contributed by atoms with van der Waals surface area (Å²) in [5, 5.41) is 0. The third kappa shape index (κ3) is 5.44. The molecule has 0 radical (unpaired) electrons. The Hall–Kier alpha value is -1.18. The molecule has 0 saturated carbocycles. The summed E-state index contributed by atoms with van der Waals surface area (Å²) < 4.78 is 11.0. The molecule has 114 valence electrons. The van der Waals surface area contributed by atoms with Gasteiger partial charge in [0.15, 0.2) is 0 Å². The molecule has 0 unspecified atom stereocenters. The molecule has 0 aliphatic carbocycles. The summed E-state index contributed by atoms with van der Waals surface area (Å²) in [6.45, 7) is 4.33. The third-order valence-electron chi connectivity index (χ3n) is 3.78. The fourth-order valence-corrected chi connectivity index (χ4v) is 2.62. The fourth-order valence-electron chi connectivity index (χ4n) is 2.62. The Morgan fingerprint density at radius 1 is 0.800 bits per heavy atom. The maximum Gasteiger partial charge on any atom is 0.126 e. The van der Waals surface area contributed by atoms with Crippen LogP contribution in [0.15, 0.2) is 12.1 Å². The normalized spacial score (nSPS) is 10.6. The van der Waals surface area contributed by atoms with E-state index in [0.717, 1.165) is 17.9 Å². The zero-order valence-electron chi connectivity index (χ0n) is 13.6. The van der Waals surface area contributed by atoms with Crippen molar-refractivity contribution in [3.63, 3.8) is 0 Å². The number of hydrogen-bond acceptors (Lipinski definition) is 2. The van der Waals surface area contributed by atoms with E-state index >= 15 is 0 Å². The van der Waals surface area contributed by atoms with Gasteiger partial charge in [0.05, 0.1) is 14.2 Å². The number of aryl methyl sites for hydroxylation is 1. The van der Waals surface area contributed by atoms with E-state index in [9.17, 15) is 0 Å². The number of ether oxygens (including phenoxy) is 2. The molecule has 20 heavy (non-hydrogen) atoms. The van der Waals surface area contributed by atoms with Gasteiger partial charge in [-0.2, -0.15) is 0 Å². The first-order chi connectivity index (χ1) is 9.72. The molecule has 0 aliphatic heterocycles. The van der Waals surface area contributed by atoms with Gasteiger partial charge in [0.1, 0.15) is 11.5 Å². The van der Waals surface area contributed by atoms with Gasteiger partial charge in [0.2, 0.25) is 0 Å². The van der Waals surface area contributed by atoms with Crippen LogP contribution in [0.25, 0.3) is 0 Å². The van der Waals surface area contributed by atoms with Crippen LogP contribution in [-0.4, -0.2) is 14.2 Å². The van der Waals surface area contributed by atoms with Crippen LogP contribution >= 0.6 is 0 Å². The lowest BCUT2D eigenvalue weighted by molar-refractivity contribution is 0.383. The highest BCUT2D eigenvalue weighted by molar-refractivity contribution is 5.47. The predicted octanol–water partition coefficient (Wildman–Crippen LogP) is 5.31. The van der Waals surface area contributed by atoms with Crippen molar-refractivity contribution >= 4 is 0 Å². The van der Waals surface area contributed by atoms with Crippen LogP contribution < -0.4 is 9.47 Å². The lowest BCUT2D eigenvalue weighted by atomic mass is 10.0. The molecular weight excluding hydrogens is 248 g/mol. The Morgan fingerprint density at radius 3 is 1.80 bits per heavy atom. The minimum atomic E-state index is 0.966. The summed E-state index contributed by atoms with van der Waals surface area (Å²) in [5.74, 6) is 1.93. The van der Waals surface area contributed by atoms with Gasteiger partial charge >= 0.3 is 0 Å². The molecule has 0 atom stereocenters. The van der Waals surface area contributed by atoms with E-state index in [1.165, 1.54) is 56.1 Å². The lowest BCUT2D eigenvalue weighted by Crippen LogP contribution is -1.98. The molecule has 0 N–H and O–H groups in total. The molecule has 1 aromatic carbocycles. The van der Waals surface area contributed by atoms with Crippen molar-refractivity contribution in [3.8, 4) is 11.5 Å². The second kappa shape index (κ2) is 9.68. The van der Waals surface area contributed by atoms with Crippen LogP contribution in [0.1, 0.15) is 63.0 Å². The Balaban J connectivity index is 2.46. The molecule has 0 saturated heterocycles. The molecule has 1 aromatic rings. The van der Waals surface area contributed by atoms with E-state index in [-0.39, 0.29) is 0 Å². The number of unbranched alkanes of at least 4 members (excludes halogenated alkanes) is 6. The van der Waals surface area contributed by atoms with Gasteiger partial charge in [0.25, 0.3) is 0 Å². The highest BCUT2D eigenvalue weighted by atomic mass is 16.5. The zero-order valence-corrected chi connectivity index (χ0v) is 13.6. The van der Waals surface area contributed by atoms with Gasteiger partial charge in [-0.15, -0.1) is 0 Å². The minimum absolute atomic E-state index is 0.966. The third-order valence-corrected chi connectivity index (χ3v) is 3.78. The smallest absolute Gasteiger partial charge is 0.126 e. The molecule has 1 rings (SSSR count). The summed E-state index contributed by atoms with van der Waals surface area (Å²) in [4.78, 5) is 0. The van der Waals surface area contributed by atoms with Gasteiger partial charge in [-0.3, -0.25) is 0 Å². The van der Waals surface area contributed by atoms with Gasteiger partial charge in [-0.05, 0) is 37.5 Å². The molecule has 0 aliphatic rings. The average molecular weight is 278 g/mol. The highest BCUT2D eigenvalue weighted by Gasteiger charge is 2.10. The average Bonchev–Trinajstić information content (AvgIpc) is 2.46. The molecule has 0 aromatic heterocycles. The van der Waals surface area contributed by atoms with Crippen LogP contribution in [0.2, 0.25) is 0 Å². The largest absolute Gasteiger partial charge is 0.496 e. The molecule has 0 bridgehead atoms. The molecule has 0 amide bonds. The summed E-state index contributed by atoms with van der Waals surface area (Å²) in [7, 11) is 3.48. The number of rotatable bonds is 10. The first-order valence-corrected chi connectivity index (χ1v) is 7.94. The Morgan fingerprint density at radius 2 is 1.30 bits per heavy atom.